The molecular weight excluding hydrogens is 286 g/mol. The van der Waals surface area contributed by atoms with Crippen molar-refractivity contribution in [1.29, 1.82) is 0 Å². The minimum absolute atomic E-state index is 0.0639. The van der Waals surface area contributed by atoms with Crippen molar-refractivity contribution in [1.82, 2.24) is 4.90 Å². The highest BCUT2D eigenvalue weighted by atomic mass is 16.5. The number of benzene rings is 1. The largest absolute Gasteiger partial charge is 0.488 e. The Balaban J connectivity index is 2.05. The molecule has 1 N–H and O–H groups in total. The SMILES string of the molecule is CC(C)(C)Oc1ccc(C(=O)N2CCOC(C(=O)O)C2)cc1. The number of morpholine rings is 1. The van der Waals surface area contributed by atoms with E-state index in [-0.39, 0.29) is 24.7 Å². The average Bonchev–Trinajstić information content (AvgIpc) is 2.46. The summed E-state index contributed by atoms with van der Waals surface area (Å²) in [6.45, 7) is 6.54. The molecule has 1 unspecified atom stereocenters. The molecule has 1 atom stereocenters. The van der Waals surface area contributed by atoms with Crippen LogP contribution in [-0.2, 0) is 9.53 Å². The van der Waals surface area contributed by atoms with Crippen LogP contribution in [0.25, 0.3) is 0 Å². The third-order valence-electron chi connectivity index (χ3n) is 3.15. The zero-order valence-electron chi connectivity index (χ0n) is 13.0. The Morgan fingerprint density at radius 2 is 1.91 bits per heavy atom. The van der Waals surface area contributed by atoms with Gasteiger partial charge in [-0.15, -0.1) is 0 Å². The summed E-state index contributed by atoms with van der Waals surface area (Å²) in [4.78, 5) is 24.9. The van der Waals surface area contributed by atoms with E-state index in [1.54, 1.807) is 24.3 Å². The predicted molar refractivity (Wildman–Crippen MR) is 80.1 cm³/mol. The fourth-order valence-corrected chi connectivity index (χ4v) is 2.18. The van der Waals surface area contributed by atoms with Crippen LogP contribution in [0.4, 0.5) is 0 Å². The van der Waals surface area contributed by atoms with E-state index < -0.39 is 12.1 Å². The van der Waals surface area contributed by atoms with Gasteiger partial charge in [-0.1, -0.05) is 0 Å². The van der Waals surface area contributed by atoms with Gasteiger partial charge in [0.25, 0.3) is 5.91 Å². The molecule has 1 aromatic rings. The van der Waals surface area contributed by atoms with Gasteiger partial charge in [0.15, 0.2) is 6.10 Å². The summed E-state index contributed by atoms with van der Waals surface area (Å²) in [5, 5.41) is 8.97. The highest BCUT2D eigenvalue weighted by Crippen LogP contribution is 2.19. The number of carbonyl (C=O) groups excluding carboxylic acids is 1. The molecule has 2 rings (SSSR count). The Hall–Kier alpha value is -2.08. The van der Waals surface area contributed by atoms with Gasteiger partial charge in [-0.3, -0.25) is 4.79 Å². The van der Waals surface area contributed by atoms with Crippen molar-refractivity contribution in [3.63, 3.8) is 0 Å². The van der Waals surface area contributed by atoms with Gasteiger partial charge in [0, 0.05) is 12.1 Å². The lowest BCUT2D eigenvalue weighted by Crippen LogP contribution is -2.48. The van der Waals surface area contributed by atoms with Crippen LogP contribution in [0.5, 0.6) is 5.75 Å². The van der Waals surface area contributed by atoms with E-state index in [0.29, 0.717) is 17.9 Å². The van der Waals surface area contributed by atoms with Crippen LogP contribution < -0.4 is 4.74 Å². The Morgan fingerprint density at radius 1 is 1.27 bits per heavy atom. The number of carbonyl (C=O) groups is 2. The van der Waals surface area contributed by atoms with Crippen LogP contribution in [0.1, 0.15) is 31.1 Å². The van der Waals surface area contributed by atoms with Crippen molar-refractivity contribution in [3.05, 3.63) is 29.8 Å². The lowest BCUT2D eigenvalue weighted by molar-refractivity contribution is -0.154. The third-order valence-corrected chi connectivity index (χ3v) is 3.15. The molecule has 120 valence electrons. The van der Waals surface area contributed by atoms with E-state index in [1.807, 2.05) is 20.8 Å². The maximum absolute atomic E-state index is 12.4. The van der Waals surface area contributed by atoms with Crippen LogP contribution in [0, 0.1) is 0 Å². The van der Waals surface area contributed by atoms with Crippen molar-refractivity contribution >= 4 is 11.9 Å². The van der Waals surface area contributed by atoms with Gasteiger partial charge < -0.3 is 19.5 Å². The molecule has 1 fully saturated rings. The molecule has 0 aliphatic carbocycles. The van der Waals surface area contributed by atoms with Crippen LogP contribution in [-0.4, -0.2) is 53.3 Å². The average molecular weight is 307 g/mol. The van der Waals surface area contributed by atoms with E-state index in [4.69, 9.17) is 14.6 Å². The van der Waals surface area contributed by atoms with Gasteiger partial charge in [-0.25, -0.2) is 4.79 Å². The number of carboxylic acid groups (broad SMARTS) is 1. The molecule has 1 saturated heterocycles. The summed E-state index contributed by atoms with van der Waals surface area (Å²) < 4.78 is 10.8. The van der Waals surface area contributed by atoms with E-state index >= 15 is 0 Å². The fourth-order valence-electron chi connectivity index (χ4n) is 2.18. The summed E-state index contributed by atoms with van der Waals surface area (Å²) >= 11 is 0. The molecule has 1 amide bonds. The van der Waals surface area contributed by atoms with E-state index in [2.05, 4.69) is 0 Å². The van der Waals surface area contributed by atoms with Crippen LogP contribution in [0.3, 0.4) is 0 Å². The number of hydrogen-bond acceptors (Lipinski definition) is 4. The van der Waals surface area contributed by atoms with E-state index in [1.165, 1.54) is 4.90 Å². The monoisotopic (exact) mass is 307 g/mol. The number of rotatable bonds is 3. The number of nitrogens with zero attached hydrogens (tertiary/aromatic N) is 1. The standard InChI is InChI=1S/C16H21NO5/c1-16(2,3)22-12-6-4-11(5-7-12)14(18)17-8-9-21-13(10-17)15(19)20/h4-7,13H,8-10H2,1-3H3,(H,19,20). The maximum atomic E-state index is 12.4. The number of carboxylic acids is 1. The van der Waals surface area contributed by atoms with Gasteiger partial charge in [0.05, 0.1) is 13.2 Å². The van der Waals surface area contributed by atoms with Gasteiger partial charge in [0.1, 0.15) is 11.4 Å². The van der Waals surface area contributed by atoms with Crippen molar-refractivity contribution in [2.75, 3.05) is 19.7 Å². The first-order valence-corrected chi connectivity index (χ1v) is 7.19. The maximum Gasteiger partial charge on any atom is 0.334 e. The number of amides is 1. The number of aliphatic carboxylic acids is 1. The number of ether oxygens (including phenoxy) is 2. The van der Waals surface area contributed by atoms with Crippen molar-refractivity contribution in [2.45, 2.75) is 32.5 Å². The summed E-state index contributed by atoms with van der Waals surface area (Å²) in [6, 6.07) is 6.87. The first-order chi connectivity index (χ1) is 10.3. The van der Waals surface area contributed by atoms with Crippen LogP contribution >= 0.6 is 0 Å². The fraction of sp³-hybridized carbons (Fsp3) is 0.500. The highest BCUT2D eigenvalue weighted by molar-refractivity contribution is 5.94. The summed E-state index contributed by atoms with van der Waals surface area (Å²) in [6.07, 6.45) is -0.957. The summed E-state index contributed by atoms with van der Waals surface area (Å²) in [7, 11) is 0. The Bertz CT molecular complexity index is 547. The molecule has 6 nitrogen and oxygen atoms in total. The molecule has 22 heavy (non-hydrogen) atoms. The lowest BCUT2D eigenvalue weighted by Gasteiger charge is -2.31. The summed E-state index contributed by atoms with van der Waals surface area (Å²) in [5.41, 5.74) is 0.206. The zero-order chi connectivity index (χ0) is 16.3. The predicted octanol–water partition coefficient (Wildman–Crippen LogP) is 1.79. The zero-order valence-corrected chi connectivity index (χ0v) is 13.0. The smallest absolute Gasteiger partial charge is 0.334 e. The van der Waals surface area contributed by atoms with Crippen molar-refractivity contribution in [2.24, 2.45) is 0 Å². The molecule has 1 aliphatic rings. The number of hydrogen-bond donors (Lipinski definition) is 1. The minimum atomic E-state index is -1.05. The molecule has 0 spiro atoms. The van der Waals surface area contributed by atoms with Crippen LogP contribution in [0.15, 0.2) is 24.3 Å². The Kier molecular flexibility index (Phi) is 4.71. The van der Waals surface area contributed by atoms with Crippen molar-refractivity contribution in [3.8, 4) is 5.75 Å². The molecule has 1 aliphatic heterocycles. The lowest BCUT2D eigenvalue weighted by atomic mass is 10.1. The highest BCUT2D eigenvalue weighted by Gasteiger charge is 2.29. The second kappa shape index (κ2) is 6.36. The van der Waals surface area contributed by atoms with Gasteiger partial charge >= 0.3 is 5.97 Å². The van der Waals surface area contributed by atoms with Gasteiger partial charge in [-0.05, 0) is 45.0 Å². The topological polar surface area (TPSA) is 76.1 Å². The third kappa shape index (κ3) is 4.21. The molecule has 0 saturated carbocycles. The Labute approximate surface area is 129 Å². The Morgan fingerprint density at radius 3 is 2.45 bits per heavy atom. The molecule has 1 aromatic carbocycles. The first kappa shape index (κ1) is 16.3. The molecule has 0 radical (unpaired) electrons. The van der Waals surface area contributed by atoms with Crippen LogP contribution in [0.2, 0.25) is 0 Å². The molecule has 1 heterocycles. The molecule has 0 aromatic heterocycles. The molecule has 6 heteroatoms. The second-order valence-electron chi connectivity index (χ2n) is 6.19. The van der Waals surface area contributed by atoms with E-state index in [9.17, 15) is 9.59 Å². The van der Waals surface area contributed by atoms with E-state index in [0.717, 1.165) is 0 Å². The quantitative estimate of drug-likeness (QED) is 0.921. The molecular formula is C16H21NO5. The summed E-state index contributed by atoms with van der Waals surface area (Å²) in [5.74, 6) is -0.558. The normalized spacial score (nSPS) is 18.9. The molecule has 0 bridgehead atoms. The van der Waals surface area contributed by atoms with Crippen molar-refractivity contribution < 1.29 is 24.2 Å². The second-order valence-corrected chi connectivity index (χ2v) is 6.19. The minimum Gasteiger partial charge on any atom is -0.488 e. The first-order valence-electron chi connectivity index (χ1n) is 7.19. The van der Waals surface area contributed by atoms with Gasteiger partial charge in [0.2, 0.25) is 0 Å². The van der Waals surface area contributed by atoms with Gasteiger partial charge in [-0.2, -0.15) is 0 Å².